The van der Waals surface area contributed by atoms with E-state index < -0.39 is 17.8 Å². The van der Waals surface area contributed by atoms with Crippen LogP contribution in [0.1, 0.15) is 22.9 Å². The molecule has 19 heavy (non-hydrogen) atoms. The van der Waals surface area contributed by atoms with E-state index in [1.165, 1.54) is 6.07 Å². The van der Waals surface area contributed by atoms with Gasteiger partial charge in [-0.25, -0.2) is 5.43 Å². The average Bonchev–Trinajstić information content (AvgIpc) is 2.40. The molecule has 6 heteroatoms. The van der Waals surface area contributed by atoms with Crippen molar-refractivity contribution in [2.45, 2.75) is 12.2 Å². The lowest BCUT2D eigenvalue weighted by molar-refractivity contribution is -0.137. The molecule has 1 aromatic heterocycles. The first-order valence-electron chi connectivity index (χ1n) is 5.56. The van der Waals surface area contributed by atoms with Gasteiger partial charge in [0.25, 0.3) is 0 Å². The number of pyridine rings is 1. The number of aromatic nitrogens is 1. The molecule has 0 radical (unpaired) electrons. The van der Waals surface area contributed by atoms with Crippen LogP contribution in [0.5, 0.6) is 0 Å². The second-order valence-corrected chi connectivity index (χ2v) is 3.98. The Morgan fingerprint density at radius 1 is 1.05 bits per heavy atom. The Morgan fingerprint density at radius 3 is 2.21 bits per heavy atom. The zero-order chi connectivity index (χ0) is 13.9. The van der Waals surface area contributed by atoms with Crippen LogP contribution in [0.2, 0.25) is 0 Å². The van der Waals surface area contributed by atoms with Gasteiger partial charge in [0, 0.05) is 6.20 Å². The number of hydrazine groups is 1. The summed E-state index contributed by atoms with van der Waals surface area (Å²) in [4.78, 5) is 3.83. The van der Waals surface area contributed by atoms with Crippen molar-refractivity contribution in [3.63, 3.8) is 0 Å². The van der Waals surface area contributed by atoms with Gasteiger partial charge in [-0.05, 0) is 17.7 Å². The van der Waals surface area contributed by atoms with E-state index in [0.29, 0.717) is 5.69 Å². The summed E-state index contributed by atoms with van der Waals surface area (Å²) in [5.41, 5.74) is 3.03. The van der Waals surface area contributed by atoms with Crippen molar-refractivity contribution in [3.8, 4) is 0 Å². The maximum Gasteiger partial charge on any atom is 0.417 e. The van der Waals surface area contributed by atoms with Gasteiger partial charge in [0.1, 0.15) is 0 Å². The van der Waals surface area contributed by atoms with Gasteiger partial charge in [-0.3, -0.25) is 10.8 Å². The average molecular weight is 267 g/mol. The van der Waals surface area contributed by atoms with E-state index in [2.05, 4.69) is 10.4 Å². The van der Waals surface area contributed by atoms with Crippen LogP contribution in [0.25, 0.3) is 0 Å². The molecular formula is C13H12F3N3. The highest BCUT2D eigenvalue weighted by Crippen LogP contribution is 2.29. The van der Waals surface area contributed by atoms with Crippen molar-refractivity contribution in [3.05, 3.63) is 65.5 Å². The predicted molar refractivity (Wildman–Crippen MR) is 64.8 cm³/mol. The molecular weight excluding hydrogens is 255 g/mol. The fourth-order valence-electron chi connectivity index (χ4n) is 1.74. The summed E-state index contributed by atoms with van der Waals surface area (Å²) in [7, 11) is 0. The van der Waals surface area contributed by atoms with Crippen LogP contribution in [-0.4, -0.2) is 4.98 Å². The highest BCUT2D eigenvalue weighted by molar-refractivity contribution is 5.29. The van der Waals surface area contributed by atoms with Crippen LogP contribution in [0, 0.1) is 0 Å². The fourth-order valence-corrected chi connectivity index (χ4v) is 1.74. The maximum absolute atomic E-state index is 12.4. The number of nitrogens with two attached hydrogens (primary N) is 1. The van der Waals surface area contributed by atoms with Gasteiger partial charge in [-0.1, -0.05) is 30.3 Å². The van der Waals surface area contributed by atoms with Gasteiger partial charge >= 0.3 is 6.18 Å². The third kappa shape index (κ3) is 3.10. The zero-order valence-electron chi connectivity index (χ0n) is 9.85. The van der Waals surface area contributed by atoms with E-state index in [-0.39, 0.29) is 0 Å². The summed E-state index contributed by atoms with van der Waals surface area (Å²) in [5, 5.41) is 0. The molecule has 0 bridgehead atoms. The lowest BCUT2D eigenvalue weighted by Crippen LogP contribution is -2.29. The lowest BCUT2D eigenvalue weighted by Gasteiger charge is -2.16. The quantitative estimate of drug-likeness (QED) is 0.664. The standard InChI is InChI=1S/C13H12F3N3/c14-13(15,16)10-6-7-11(18-8-10)12(19-17)9-4-2-1-3-5-9/h1-8,12,19H,17H2. The van der Waals surface area contributed by atoms with Crippen molar-refractivity contribution in [1.82, 2.24) is 10.4 Å². The summed E-state index contributed by atoms with van der Waals surface area (Å²) in [6.45, 7) is 0. The van der Waals surface area contributed by atoms with Crippen molar-refractivity contribution < 1.29 is 13.2 Å². The molecule has 1 aromatic carbocycles. The van der Waals surface area contributed by atoms with Crippen molar-refractivity contribution in [2.75, 3.05) is 0 Å². The molecule has 0 aliphatic carbocycles. The SMILES string of the molecule is NNC(c1ccccc1)c1ccc(C(F)(F)F)cn1. The molecule has 3 N–H and O–H groups in total. The van der Waals surface area contributed by atoms with Crippen LogP contribution in [0.4, 0.5) is 13.2 Å². The van der Waals surface area contributed by atoms with E-state index in [1.807, 2.05) is 30.3 Å². The summed E-state index contributed by atoms with van der Waals surface area (Å²) in [6.07, 6.45) is -3.58. The maximum atomic E-state index is 12.4. The number of nitrogens with one attached hydrogen (secondary N) is 1. The molecule has 100 valence electrons. The van der Waals surface area contributed by atoms with Crippen LogP contribution < -0.4 is 11.3 Å². The van der Waals surface area contributed by atoms with Gasteiger partial charge in [-0.15, -0.1) is 0 Å². The largest absolute Gasteiger partial charge is 0.417 e. The monoisotopic (exact) mass is 267 g/mol. The number of rotatable bonds is 3. The summed E-state index contributed by atoms with van der Waals surface area (Å²) in [6, 6.07) is 11.0. The molecule has 1 unspecified atom stereocenters. The van der Waals surface area contributed by atoms with E-state index >= 15 is 0 Å². The van der Waals surface area contributed by atoms with Gasteiger partial charge in [0.15, 0.2) is 0 Å². The second kappa shape index (κ2) is 5.38. The van der Waals surface area contributed by atoms with Crippen molar-refractivity contribution >= 4 is 0 Å². The number of hydrogen-bond acceptors (Lipinski definition) is 3. The normalized spacial score (nSPS) is 13.3. The van der Waals surface area contributed by atoms with E-state index in [9.17, 15) is 13.2 Å². The van der Waals surface area contributed by atoms with Gasteiger partial charge in [-0.2, -0.15) is 13.2 Å². The number of halogens is 3. The molecule has 2 rings (SSSR count). The Bertz CT molecular complexity index is 523. The molecule has 0 saturated carbocycles. The molecule has 0 aliphatic rings. The first-order valence-corrected chi connectivity index (χ1v) is 5.56. The summed E-state index contributed by atoms with van der Waals surface area (Å²) in [5.74, 6) is 5.45. The second-order valence-electron chi connectivity index (χ2n) is 3.98. The molecule has 0 fully saturated rings. The molecule has 3 nitrogen and oxygen atoms in total. The van der Waals surface area contributed by atoms with Crippen LogP contribution in [-0.2, 0) is 6.18 Å². The van der Waals surface area contributed by atoms with E-state index in [0.717, 1.165) is 17.8 Å². The minimum Gasteiger partial charge on any atom is -0.271 e. The van der Waals surface area contributed by atoms with Crippen LogP contribution in [0.15, 0.2) is 48.7 Å². The summed E-state index contributed by atoms with van der Waals surface area (Å²) >= 11 is 0. The minimum absolute atomic E-state index is 0.432. The number of benzene rings is 1. The smallest absolute Gasteiger partial charge is 0.271 e. The van der Waals surface area contributed by atoms with Crippen molar-refractivity contribution in [2.24, 2.45) is 5.84 Å². The lowest BCUT2D eigenvalue weighted by atomic mass is 10.0. The number of alkyl halides is 3. The third-order valence-electron chi connectivity index (χ3n) is 2.71. The predicted octanol–water partition coefficient (Wildman–Crippen LogP) is 2.65. The number of hydrogen-bond donors (Lipinski definition) is 2. The third-order valence-corrected chi connectivity index (χ3v) is 2.71. The van der Waals surface area contributed by atoms with Crippen LogP contribution in [0.3, 0.4) is 0 Å². The molecule has 0 amide bonds. The minimum atomic E-state index is -4.39. The fraction of sp³-hybridized carbons (Fsp3) is 0.154. The first kappa shape index (κ1) is 13.5. The molecule has 0 saturated heterocycles. The molecule has 0 aliphatic heterocycles. The van der Waals surface area contributed by atoms with Crippen molar-refractivity contribution in [1.29, 1.82) is 0 Å². The number of nitrogens with zero attached hydrogens (tertiary/aromatic N) is 1. The first-order chi connectivity index (χ1) is 9.02. The topological polar surface area (TPSA) is 50.9 Å². The highest BCUT2D eigenvalue weighted by atomic mass is 19.4. The zero-order valence-corrected chi connectivity index (χ0v) is 9.85. The van der Waals surface area contributed by atoms with Gasteiger partial charge < -0.3 is 0 Å². The Kier molecular flexibility index (Phi) is 3.82. The Labute approximate surface area is 108 Å². The van der Waals surface area contributed by atoms with Gasteiger partial charge in [0.05, 0.1) is 17.3 Å². The molecule has 2 aromatic rings. The Hall–Kier alpha value is -1.92. The summed E-state index contributed by atoms with van der Waals surface area (Å²) < 4.78 is 37.3. The molecule has 1 atom stereocenters. The molecule has 1 heterocycles. The Morgan fingerprint density at radius 2 is 1.74 bits per heavy atom. The van der Waals surface area contributed by atoms with Crippen LogP contribution >= 0.6 is 0 Å². The molecule has 0 spiro atoms. The van der Waals surface area contributed by atoms with E-state index in [4.69, 9.17) is 5.84 Å². The highest BCUT2D eigenvalue weighted by Gasteiger charge is 2.31. The Balaban J connectivity index is 2.30. The van der Waals surface area contributed by atoms with E-state index in [1.54, 1.807) is 0 Å². The van der Waals surface area contributed by atoms with Gasteiger partial charge in [0.2, 0.25) is 0 Å².